The van der Waals surface area contributed by atoms with E-state index >= 15 is 0 Å². The molecule has 0 saturated carbocycles. The standard InChI is InChI=1S/C19H14N2/c1-20-16-11-5-7-13-18(16)21(15-9-3-2-4-10-15)19-14-8-6-12-17(19)20/h2-5,7-11,13-14H,1H3. The van der Waals surface area contributed by atoms with Gasteiger partial charge in [-0.15, -0.1) is 0 Å². The van der Waals surface area contributed by atoms with Gasteiger partial charge in [-0.2, -0.15) is 0 Å². The van der Waals surface area contributed by atoms with Gasteiger partial charge in [0.1, 0.15) is 5.69 Å². The van der Waals surface area contributed by atoms with Crippen molar-refractivity contribution in [3.8, 4) is 0 Å². The van der Waals surface area contributed by atoms with E-state index in [1.165, 1.54) is 11.4 Å². The van der Waals surface area contributed by atoms with Crippen molar-refractivity contribution < 1.29 is 0 Å². The second-order valence-electron chi connectivity index (χ2n) is 5.06. The number of nitrogens with zero attached hydrogens (tertiary/aromatic N) is 2. The van der Waals surface area contributed by atoms with Crippen LogP contribution in [0.5, 0.6) is 0 Å². The van der Waals surface area contributed by atoms with Crippen molar-refractivity contribution in [3.05, 3.63) is 78.9 Å². The quantitative estimate of drug-likeness (QED) is 0.624. The summed E-state index contributed by atoms with van der Waals surface area (Å²) in [6, 6.07) is 29.1. The van der Waals surface area contributed by atoms with Crippen LogP contribution in [0.1, 0.15) is 0 Å². The molecule has 0 aliphatic carbocycles. The minimum atomic E-state index is 1.04. The molecule has 0 radical (unpaired) electrons. The van der Waals surface area contributed by atoms with E-state index in [4.69, 9.17) is 0 Å². The third-order valence-electron chi connectivity index (χ3n) is 3.83. The molecule has 2 heteroatoms. The normalized spacial score (nSPS) is 12.4. The molecule has 3 aromatic carbocycles. The molecule has 3 aromatic rings. The number of rotatable bonds is 1. The zero-order chi connectivity index (χ0) is 14.2. The highest BCUT2D eigenvalue weighted by Crippen LogP contribution is 2.49. The molecule has 0 fully saturated rings. The summed E-state index contributed by atoms with van der Waals surface area (Å²) in [5.41, 5.74) is 5.67. The van der Waals surface area contributed by atoms with Crippen LogP contribution in [-0.2, 0) is 0 Å². The lowest BCUT2D eigenvalue weighted by molar-refractivity contribution is 1.13. The molecular formula is C19H14N2. The maximum atomic E-state index is 3.24. The van der Waals surface area contributed by atoms with Gasteiger partial charge < -0.3 is 9.80 Å². The molecule has 4 rings (SSSR count). The van der Waals surface area contributed by atoms with Gasteiger partial charge >= 0.3 is 0 Å². The first kappa shape index (κ1) is 11.9. The molecule has 0 aromatic heterocycles. The van der Waals surface area contributed by atoms with Crippen molar-refractivity contribution >= 4 is 28.4 Å². The summed E-state index contributed by atoms with van der Waals surface area (Å²) >= 11 is 0. The van der Waals surface area contributed by atoms with Crippen molar-refractivity contribution in [2.45, 2.75) is 0 Å². The fraction of sp³-hybridized carbons (Fsp3) is 0.0526. The Kier molecular flexibility index (Phi) is 2.58. The Labute approximate surface area is 124 Å². The lowest BCUT2D eigenvalue weighted by Crippen LogP contribution is -2.23. The lowest BCUT2D eigenvalue weighted by atomic mass is 10.1. The molecule has 0 unspecified atom stereocenters. The van der Waals surface area contributed by atoms with Crippen LogP contribution in [0.4, 0.5) is 28.4 Å². The first-order valence-corrected chi connectivity index (χ1v) is 6.96. The molecule has 100 valence electrons. The summed E-state index contributed by atoms with van der Waals surface area (Å²) < 4.78 is 0. The van der Waals surface area contributed by atoms with Crippen molar-refractivity contribution in [2.24, 2.45) is 0 Å². The molecule has 0 amide bonds. The monoisotopic (exact) mass is 270 g/mol. The smallest absolute Gasteiger partial charge is 0.117 e. The Morgan fingerprint density at radius 1 is 0.762 bits per heavy atom. The van der Waals surface area contributed by atoms with E-state index in [1.54, 1.807) is 0 Å². The third kappa shape index (κ3) is 1.75. The zero-order valence-corrected chi connectivity index (χ0v) is 11.7. The predicted molar refractivity (Wildman–Crippen MR) is 86.9 cm³/mol. The maximum absolute atomic E-state index is 3.24. The number of hydrogen-bond donors (Lipinski definition) is 0. The van der Waals surface area contributed by atoms with E-state index in [9.17, 15) is 0 Å². The number of anilines is 5. The first-order chi connectivity index (χ1) is 10.4. The minimum Gasteiger partial charge on any atom is -0.334 e. The Hall–Kier alpha value is -2.92. The highest BCUT2D eigenvalue weighted by atomic mass is 15.3. The summed E-state index contributed by atoms with van der Waals surface area (Å²) in [4.78, 5) is 4.44. The number of fused-ring (bicyclic) bond motifs is 2. The van der Waals surface area contributed by atoms with E-state index in [0.717, 1.165) is 17.1 Å². The molecule has 0 saturated heterocycles. The third-order valence-corrected chi connectivity index (χ3v) is 3.83. The van der Waals surface area contributed by atoms with Crippen LogP contribution in [0.15, 0.2) is 66.7 Å². The van der Waals surface area contributed by atoms with Crippen LogP contribution in [0.2, 0.25) is 0 Å². The minimum absolute atomic E-state index is 1.04. The van der Waals surface area contributed by atoms with Crippen molar-refractivity contribution in [1.82, 2.24) is 0 Å². The largest absolute Gasteiger partial charge is 0.334 e. The van der Waals surface area contributed by atoms with Crippen molar-refractivity contribution in [2.75, 3.05) is 16.8 Å². The van der Waals surface area contributed by atoms with Crippen LogP contribution in [0, 0.1) is 12.1 Å². The van der Waals surface area contributed by atoms with Gasteiger partial charge in [-0.1, -0.05) is 36.4 Å². The van der Waals surface area contributed by atoms with Crippen LogP contribution in [0.25, 0.3) is 0 Å². The second-order valence-corrected chi connectivity index (χ2v) is 5.06. The van der Waals surface area contributed by atoms with E-state index in [0.29, 0.717) is 0 Å². The van der Waals surface area contributed by atoms with Gasteiger partial charge in [0.25, 0.3) is 0 Å². The first-order valence-electron chi connectivity index (χ1n) is 6.96. The average Bonchev–Trinajstić information content (AvgIpc) is 2.56. The van der Waals surface area contributed by atoms with Crippen LogP contribution >= 0.6 is 0 Å². The number of benzene rings is 2. The predicted octanol–water partition coefficient (Wildman–Crippen LogP) is 4.84. The summed E-state index contributed by atoms with van der Waals surface area (Å²) in [6.45, 7) is 0. The number of para-hydroxylation sites is 3. The van der Waals surface area contributed by atoms with Crippen LogP contribution < -0.4 is 9.80 Å². The molecule has 0 bridgehead atoms. The molecule has 1 aliphatic heterocycles. The molecule has 21 heavy (non-hydrogen) atoms. The maximum Gasteiger partial charge on any atom is 0.117 e. The van der Waals surface area contributed by atoms with Crippen LogP contribution in [0.3, 0.4) is 0 Å². The average molecular weight is 270 g/mol. The zero-order valence-electron chi connectivity index (χ0n) is 11.7. The van der Waals surface area contributed by atoms with Crippen molar-refractivity contribution in [1.29, 1.82) is 0 Å². The van der Waals surface area contributed by atoms with E-state index in [2.05, 4.69) is 83.6 Å². The van der Waals surface area contributed by atoms with Gasteiger partial charge in [0.05, 0.1) is 17.1 Å². The Balaban J connectivity index is 2.01. The Morgan fingerprint density at radius 2 is 1.48 bits per heavy atom. The van der Waals surface area contributed by atoms with Gasteiger partial charge in [-0.3, -0.25) is 0 Å². The lowest BCUT2D eigenvalue weighted by Gasteiger charge is -2.37. The fourth-order valence-electron chi connectivity index (χ4n) is 2.85. The molecule has 0 N–H and O–H groups in total. The summed E-state index contributed by atoms with van der Waals surface area (Å²) in [5, 5.41) is 0. The molecule has 0 spiro atoms. The van der Waals surface area contributed by atoms with Gasteiger partial charge in [-0.05, 0) is 42.5 Å². The van der Waals surface area contributed by atoms with E-state index in [1.807, 2.05) is 12.1 Å². The van der Waals surface area contributed by atoms with E-state index in [-0.39, 0.29) is 0 Å². The molecule has 0 atom stereocenters. The van der Waals surface area contributed by atoms with Gasteiger partial charge in [0.15, 0.2) is 0 Å². The van der Waals surface area contributed by atoms with Crippen molar-refractivity contribution in [3.63, 3.8) is 0 Å². The summed E-state index contributed by atoms with van der Waals surface area (Å²) in [5.74, 6) is 0. The molecule has 2 nitrogen and oxygen atoms in total. The fourth-order valence-corrected chi connectivity index (χ4v) is 2.85. The van der Waals surface area contributed by atoms with Gasteiger partial charge in [0.2, 0.25) is 0 Å². The SMILES string of the molecule is CN1c2c#cccc2N(c2ccccc2)c2ccccc21. The molecule has 1 aliphatic rings. The molecular weight excluding hydrogens is 256 g/mol. The number of hydrogen-bond acceptors (Lipinski definition) is 2. The highest BCUT2D eigenvalue weighted by Gasteiger charge is 2.26. The Morgan fingerprint density at radius 3 is 2.29 bits per heavy atom. The van der Waals surface area contributed by atoms with E-state index < -0.39 is 0 Å². The summed E-state index contributed by atoms with van der Waals surface area (Å²) in [6.07, 6.45) is 0. The topological polar surface area (TPSA) is 6.48 Å². The second kappa shape index (κ2) is 4.57. The Bertz CT molecular complexity index is 733. The highest BCUT2D eigenvalue weighted by molar-refractivity contribution is 5.96. The van der Waals surface area contributed by atoms with Gasteiger partial charge in [0, 0.05) is 12.7 Å². The molecule has 1 heterocycles. The summed E-state index contributed by atoms with van der Waals surface area (Å²) in [7, 11) is 2.07. The van der Waals surface area contributed by atoms with Crippen LogP contribution in [-0.4, -0.2) is 7.05 Å². The van der Waals surface area contributed by atoms with Gasteiger partial charge in [-0.25, -0.2) is 0 Å².